The van der Waals surface area contributed by atoms with Crippen LogP contribution in [0.2, 0.25) is 0 Å². The number of hydrogen-bond acceptors (Lipinski definition) is 6. The molecule has 2 heterocycles. The summed E-state index contributed by atoms with van der Waals surface area (Å²) < 4.78 is 55.0. The van der Waals surface area contributed by atoms with Crippen molar-refractivity contribution in [3.8, 4) is 5.75 Å². The minimum Gasteiger partial charge on any atom is -0.433 e. The number of aliphatic hydroxyl groups is 1. The highest BCUT2D eigenvalue weighted by Gasteiger charge is 2.52. The molecule has 0 unspecified atom stereocenters. The molecule has 2 aliphatic heterocycles. The number of anilines is 1. The predicted molar refractivity (Wildman–Crippen MR) is 102 cm³/mol. The Bertz CT molecular complexity index is 854. The van der Waals surface area contributed by atoms with Crippen molar-refractivity contribution in [1.82, 2.24) is 9.21 Å². The van der Waals surface area contributed by atoms with Crippen LogP contribution in [-0.4, -0.2) is 79.3 Å². The van der Waals surface area contributed by atoms with Crippen molar-refractivity contribution in [3.63, 3.8) is 0 Å². The molecule has 0 radical (unpaired) electrons. The number of aliphatic hydroxyl groups excluding tert-OH is 1. The number of rotatable bonds is 6. The molecule has 0 saturated carbocycles. The molecule has 8 nitrogen and oxygen atoms in total. The van der Waals surface area contributed by atoms with Crippen molar-refractivity contribution >= 4 is 21.6 Å². The smallest absolute Gasteiger partial charge is 0.387 e. The zero-order valence-electron chi connectivity index (χ0n) is 16.1. The molecule has 1 aromatic rings. The number of carbonyl (C=O) groups is 1. The Morgan fingerprint density at radius 2 is 2.07 bits per heavy atom. The number of carbonyl (C=O) groups excluding carboxylic acids is 1. The number of benzene rings is 1. The third kappa shape index (κ3) is 4.85. The second-order valence-corrected chi connectivity index (χ2v) is 9.37. The van der Waals surface area contributed by atoms with Gasteiger partial charge >= 0.3 is 6.61 Å². The van der Waals surface area contributed by atoms with Gasteiger partial charge in [-0.2, -0.15) is 13.1 Å². The van der Waals surface area contributed by atoms with Crippen LogP contribution in [0.3, 0.4) is 0 Å². The number of ether oxygens (including phenoxy) is 1. The summed E-state index contributed by atoms with van der Waals surface area (Å²) in [5.41, 5.74) is -0.691. The number of para-hydroxylation sites is 2. The highest BCUT2D eigenvalue weighted by atomic mass is 32.2. The molecule has 2 atom stereocenters. The van der Waals surface area contributed by atoms with Gasteiger partial charge in [0.05, 0.1) is 30.1 Å². The Balaban J connectivity index is 1.62. The lowest BCUT2D eigenvalue weighted by Gasteiger charge is -2.47. The SMILES string of the molecule is CS(=O)(=O)N1CCC[C@@]12CCN(CC(=O)Nc1ccccc1OC(F)F)C[C@@H]2O. The van der Waals surface area contributed by atoms with Crippen LogP contribution in [0.4, 0.5) is 14.5 Å². The van der Waals surface area contributed by atoms with E-state index in [1.807, 2.05) is 0 Å². The van der Waals surface area contributed by atoms with Crippen LogP contribution in [0.15, 0.2) is 24.3 Å². The lowest BCUT2D eigenvalue weighted by molar-refractivity contribution is -0.119. The number of halogens is 2. The van der Waals surface area contributed by atoms with E-state index in [4.69, 9.17) is 0 Å². The molecule has 3 rings (SSSR count). The maximum atomic E-state index is 12.5. The Morgan fingerprint density at radius 3 is 2.72 bits per heavy atom. The fraction of sp³-hybridized carbons (Fsp3) is 0.611. The third-order valence-electron chi connectivity index (χ3n) is 5.52. The second-order valence-electron chi connectivity index (χ2n) is 7.47. The van der Waals surface area contributed by atoms with Crippen LogP contribution in [0.25, 0.3) is 0 Å². The topological polar surface area (TPSA) is 99.2 Å². The largest absolute Gasteiger partial charge is 0.433 e. The van der Waals surface area contributed by atoms with Crippen LogP contribution >= 0.6 is 0 Å². The number of likely N-dealkylation sites (tertiary alicyclic amines) is 1. The molecule has 0 aliphatic carbocycles. The van der Waals surface area contributed by atoms with Crippen molar-refractivity contribution in [3.05, 3.63) is 24.3 Å². The average molecular weight is 433 g/mol. The quantitative estimate of drug-likeness (QED) is 0.697. The lowest BCUT2D eigenvalue weighted by atomic mass is 9.83. The van der Waals surface area contributed by atoms with E-state index in [0.717, 1.165) is 6.26 Å². The van der Waals surface area contributed by atoms with Gasteiger partial charge in [0.1, 0.15) is 5.75 Å². The molecule has 162 valence electrons. The number of sulfonamides is 1. The predicted octanol–water partition coefficient (Wildman–Crippen LogP) is 1.09. The normalized spacial score (nSPS) is 26.2. The van der Waals surface area contributed by atoms with Gasteiger partial charge in [-0.3, -0.25) is 9.69 Å². The zero-order chi connectivity index (χ0) is 21.2. The van der Waals surface area contributed by atoms with Crippen molar-refractivity contribution in [2.24, 2.45) is 0 Å². The first-order valence-electron chi connectivity index (χ1n) is 9.34. The summed E-state index contributed by atoms with van der Waals surface area (Å²) >= 11 is 0. The van der Waals surface area contributed by atoms with Crippen LogP contribution in [0.5, 0.6) is 5.75 Å². The Morgan fingerprint density at radius 1 is 1.34 bits per heavy atom. The Labute approximate surface area is 168 Å². The van der Waals surface area contributed by atoms with E-state index in [9.17, 15) is 27.1 Å². The molecule has 0 bridgehead atoms. The number of β-amino-alcohol motifs (C(OH)–C–C–N with tert-alkyl or cyclic N) is 1. The highest BCUT2D eigenvalue weighted by molar-refractivity contribution is 7.88. The van der Waals surface area contributed by atoms with E-state index < -0.39 is 34.2 Å². The molecular weight excluding hydrogens is 408 g/mol. The second kappa shape index (κ2) is 8.50. The number of amides is 1. The van der Waals surface area contributed by atoms with E-state index in [1.54, 1.807) is 11.0 Å². The lowest BCUT2D eigenvalue weighted by Crippen LogP contribution is -2.63. The minimum atomic E-state index is -3.44. The standard InChI is InChI=1S/C18H25F2N3O5S/c1-29(26,27)23-9-4-7-18(23)8-10-22(11-15(18)24)12-16(25)21-13-5-2-3-6-14(13)28-17(19)20/h2-3,5-6,15,17,24H,4,7-12H2,1H3,(H,21,25)/t15-,18-/m0/s1. The molecule has 29 heavy (non-hydrogen) atoms. The Kier molecular flexibility index (Phi) is 6.42. The van der Waals surface area contributed by atoms with Crippen LogP contribution in [0.1, 0.15) is 19.3 Å². The number of nitrogens with one attached hydrogen (secondary N) is 1. The minimum absolute atomic E-state index is 0.0605. The van der Waals surface area contributed by atoms with Crippen molar-refractivity contribution in [1.29, 1.82) is 0 Å². The van der Waals surface area contributed by atoms with Crippen molar-refractivity contribution < 1.29 is 31.8 Å². The van der Waals surface area contributed by atoms with E-state index in [2.05, 4.69) is 10.1 Å². The molecule has 2 fully saturated rings. The summed E-state index contributed by atoms with van der Waals surface area (Å²) in [6.45, 7) is -2.10. The molecule has 2 saturated heterocycles. The van der Waals surface area contributed by atoms with E-state index in [0.29, 0.717) is 32.4 Å². The monoisotopic (exact) mass is 433 g/mol. The molecule has 2 N–H and O–H groups in total. The maximum Gasteiger partial charge on any atom is 0.387 e. The van der Waals surface area contributed by atoms with E-state index in [1.165, 1.54) is 22.5 Å². The van der Waals surface area contributed by atoms with E-state index >= 15 is 0 Å². The zero-order valence-corrected chi connectivity index (χ0v) is 16.9. The first-order valence-corrected chi connectivity index (χ1v) is 11.2. The van der Waals surface area contributed by atoms with Crippen molar-refractivity contribution in [2.45, 2.75) is 37.5 Å². The highest BCUT2D eigenvalue weighted by Crippen LogP contribution is 2.40. The first kappa shape index (κ1) is 21.9. The van der Waals surface area contributed by atoms with Gasteiger partial charge in [0.2, 0.25) is 15.9 Å². The van der Waals surface area contributed by atoms with Gasteiger partial charge in [-0.25, -0.2) is 8.42 Å². The summed E-state index contributed by atoms with van der Waals surface area (Å²) in [4.78, 5) is 14.1. The number of alkyl halides is 2. The van der Waals surface area contributed by atoms with Crippen molar-refractivity contribution in [2.75, 3.05) is 37.8 Å². The van der Waals surface area contributed by atoms with Gasteiger partial charge < -0.3 is 15.2 Å². The van der Waals surface area contributed by atoms with Crippen LogP contribution < -0.4 is 10.1 Å². The summed E-state index contributed by atoms with van der Waals surface area (Å²) in [5.74, 6) is -0.576. The average Bonchev–Trinajstić information content (AvgIpc) is 3.05. The van der Waals surface area contributed by atoms with Gasteiger partial charge in [0.15, 0.2) is 0 Å². The van der Waals surface area contributed by atoms with Gasteiger partial charge in [-0.05, 0) is 31.4 Å². The van der Waals surface area contributed by atoms with Gasteiger partial charge in [-0.1, -0.05) is 12.1 Å². The van der Waals surface area contributed by atoms with E-state index in [-0.39, 0.29) is 24.5 Å². The number of hydrogen-bond donors (Lipinski definition) is 2. The van der Waals surface area contributed by atoms with Gasteiger partial charge in [0.25, 0.3) is 0 Å². The molecule has 2 aliphatic rings. The van der Waals surface area contributed by atoms with Crippen LogP contribution in [-0.2, 0) is 14.8 Å². The number of piperidine rings is 1. The third-order valence-corrected chi connectivity index (χ3v) is 6.87. The Hall–Kier alpha value is -1.82. The molecule has 1 aromatic carbocycles. The summed E-state index contributed by atoms with van der Waals surface area (Å²) in [6.07, 6.45) is 1.91. The molecule has 0 aromatic heterocycles. The van der Waals surface area contributed by atoms with Crippen LogP contribution in [0, 0.1) is 0 Å². The summed E-state index contributed by atoms with van der Waals surface area (Å²) in [5, 5.41) is 13.3. The number of nitrogens with zero attached hydrogens (tertiary/aromatic N) is 2. The first-order chi connectivity index (χ1) is 13.6. The summed E-state index contributed by atoms with van der Waals surface area (Å²) in [7, 11) is -3.44. The molecular formula is C18H25F2N3O5S. The molecule has 1 spiro atoms. The molecule has 11 heteroatoms. The fourth-order valence-corrected chi connectivity index (χ4v) is 5.71. The fourth-order valence-electron chi connectivity index (χ4n) is 4.28. The van der Waals surface area contributed by atoms with Gasteiger partial charge in [-0.15, -0.1) is 0 Å². The summed E-state index contributed by atoms with van der Waals surface area (Å²) in [6, 6.07) is 5.89. The molecule has 1 amide bonds. The maximum absolute atomic E-state index is 12.5. The van der Waals surface area contributed by atoms with Gasteiger partial charge in [0, 0.05) is 19.6 Å².